The average molecular weight is 314 g/mol. The lowest BCUT2D eigenvalue weighted by atomic mass is 10.00. The van der Waals surface area contributed by atoms with Gasteiger partial charge in [0, 0.05) is 6.42 Å². The maximum atomic E-state index is 11.5. The van der Waals surface area contributed by atoms with Gasteiger partial charge in [0.1, 0.15) is 11.5 Å². The second kappa shape index (κ2) is 7.68. The molecule has 1 atom stereocenters. The number of carbonyl (C=O) groups is 1. The van der Waals surface area contributed by atoms with Crippen LogP contribution in [-0.4, -0.2) is 24.3 Å². The summed E-state index contributed by atoms with van der Waals surface area (Å²) >= 11 is 0. The van der Waals surface area contributed by atoms with Crippen LogP contribution in [0.3, 0.4) is 0 Å². The van der Waals surface area contributed by atoms with Crippen LogP contribution < -0.4 is 9.47 Å². The number of rotatable bonds is 7. The van der Waals surface area contributed by atoms with Gasteiger partial charge in [0.05, 0.1) is 7.11 Å². The molecule has 0 saturated carbocycles. The van der Waals surface area contributed by atoms with E-state index in [1.165, 1.54) is 5.56 Å². The summed E-state index contributed by atoms with van der Waals surface area (Å²) in [6, 6.07) is 14.9. The molecule has 0 amide bonds. The highest BCUT2D eigenvalue weighted by Gasteiger charge is 2.20. The fraction of sp³-hybridized carbons (Fsp3) is 0.316. The van der Waals surface area contributed by atoms with E-state index in [1.807, 2.05) is 24.3 Å². The van der Waals surface area contributed by atoms with E-state index in [4.69, 9.17) is 9.47 Å². The predicted octanol–water partition coefficient (Wildman–Crippen LogP) is 3.89. The molecule has 1 N–H and O–H groups in total. The standard InChI is InChI=1S/C19H22O4/c1-13(2)15-6-4-14(5-7-15)12-18(19(20)21)23-17-10-8-16(22-3)9-11-17/h4-11,13,18H,12H2,1-3H3,(H,20,21)/t18-/m1/s1. The van der Waals surface area contributed by atoms with Crippen LogP contribution in [0, 0.1) is 0 Å². The first-order valence-corrected chi connectivity index (χ1v) is 7.62. The number of ether oxygens (including phenoxy) is 2. The molecule has 0 radical (unpaired) electrons. The third-order valence-corrected chi connectivity index (χ3v) is 3.68. The van der Waals surface area contributed by atoms with Crippen molar-refractivity contribution in [3.05, 3.63) is 59.7 Å². The van der Waals surface area contributed by atoms with Gasteiger partial charge in [0.2, 0.25) is 0 Å². The minimum atomic E-state index is -0.978. The zero-order chi connectivity index (χ0) is 16.8. The first-order chi connectivity index (χ1) is 11.0. The van der Waals surface area contributed by atoms with Crippen molar-refractivity contribution in [2.75, 3.05) is 7.11 Å². The molecule has 0 fully saturated rings. The van der Waals surface area contributed by atoms with E-state index in [-0.39, 0.29) is 0 Å². The Labute approximate surface area is 136 Å². The van der Waals surface area contributed by atoms with Crippen molar-refractivity contribution in [3.63, 3.8) is 0 Å². The van der Waals surface area contributed by atoms with Gasteiger partial charge in [-0.15, -0.1) is 0 Å². The van der Waals surface area contributed by atoms with E-state index in [0.29, 0.717) is 23.8 Å². The highest BCUT2D eigenvalue weighted by atomic mass is 16.5. The Morgan fingerprint density at radius 2 is 1.57 bits per heavy atom. The third-order valence-electron chi connectivity index (χ3n) is 3.68. The molecule has 0 aromatic heterocycles. The van der Waals surface area contributed by atoms with E-state index < -0.39 is 12.1 Å². The maximum absolute atomic E-state index is 11.5. The van der Waals surface area contributed by atoms with Crippen LogP contribution >= 0.6 is 0 Å². The fourth-order valence-corrected chi connectivity index (χ4v) is 2.25. The van der Waals surface area contributed by atoms with Crippen molar-refractivity contribution in [2.45, 2.75) is 32.3 Å². The number of carboxylic acids is 1. The lowest BCUT2D eigenvalue weighted by Crippen LogP contribution is -2.29. The summed E-state index contributed by atoms with van der Waals surface area (Å²) in [6.07, 6.45) is -0.604. The fourth-order valence-electron chi connectivity index (χ4n) is 2.25. The highest BCUT2D eigenvalue weighted by molar-refractivity contribution is 5.73. The van der Waals surface area contributed by atoms with E-state index in [0.717, 1.165) is 5.56 Å². The first-order valence-electron chi connectivity index (χ1n) is 7.62. The monoisotopic (exact) mass is 314 g/mol. The quantitative estimate of drug-likeness (QED) is 0.842. The molecule has 23 heavy (non-hydrogen) atoms. The number of benzene rings is 2. The Kier molecular flexibility index (Phi) is 5.63. The summed E-state index contributed by atoms with van der Waals surface area (Å²) in [7, 11) is 1.58. The summed E-state index contributed by atoms with van der Waals surface area (Å²) in [6.45, 7) is 4.25. The molecule has 0 aliphatic carbocycles. The average Bonchev–Trinajstić information content (AvgIpc) is 2.55. The number of hydrogen-bond acceptors (Lipinski definition) is 3. The Hall–Kier alpha value is -2.49. The Morgan fingerprint density at radius 1 is 1.00 bits per heavy atom. The van der Waals surface area contributed by atoms with Crippen molar-refractivity contribution in [1.29, 1.82) is 0 Å². The third kappa shape index (κ3) is 4.74. The summed E-state index contributed by atoms with van der Waals surface area (Å²) in [5, 5.41) is 9.39. The molecular weight excluding hydrogens is 292 g/mol. The second-order valence-corrected chi connectivity index (χ2v) is 5.72. The molecule has 0 unspecified atom stereocenters. The van der Waals surface area contributed by atoms with Crippen LogP contribution in [0.5, 0.6) is 11.5 Å². The number of methoxy groups -OCH3 is 1. The smallest absolute Gasteiger partial charge is 0.345 e. The van der Waals surface area contributed by atoms with Gasteiger partial charge in [-0.3, -0.25) is 0 Å². The van der Waals surface area contributed by atoms with Gasteiger partial charge in [0.15, 0.2) is 6.10 Å². The zero-order valence-electron chi connectivity index (χ0n) is 13.7. The lowest BCUT2D eigenvalue weighted by molar-refractivity contribution is -0.145. The molecule has 4 heteroatoms. The summed E-state index contributed by atoms with van der Waals surface area (Å²) < 4.78 is 10.7. The lowest BCUT2D eigenvalue weighted by Gasteiger charge is -2.16. The molecule has 2 aromatic rings. The molecule has 0 bridgehead atoms. The summed E-state index contributed by atoms with van der Waals surface area (Å²) in [5.41, 5.74) is 2.17. The van der Waals surface area contributed by atoms with Gasteiger partial charge in [-0.25, -0.2) is 4.79 Å². The van der Waals surface area contributed by atoms with Crippen LogP contribution in [0.1, 0.15) is 30.9 Å². The number of aliphatic carboxylic acids is 1. The van der Waals surface area contributed by atoms with Crippen molar-refractivity contribution < 1.29 is 19.4 Å². The molecule has 0 heterocycles. The molecule has 0 saturated heterocycles. The maximum Gasteiger partial charge on any atom is 0.345 e. The molecule has 0 spiro atoms. The minimum absolute atomic E-state index is 0.319. The predicted molar refractivity (Wildman–Crippen MR) is 89.3 cm³/mol. The van der Waals surface area contributed by atoms with Gasteiger partial charge in [-0.2, -0.15) is 0 Å². The van der Waals surface area contributed by atoms with E-state index in [1.54, 1.807) is 31.4 Å². The molecule has 122 valence electrons. The van der Waals surface area contributed by atoms with Crippen LogP contribution in [0.4, 0.5) is 0 Å². The Morgan fingerprint density at radius 3 is 2.04 bits per heavy atom. The van der Waals surface area contributed by atoms with E-state index in [9.17, 15) is 9.90 Å². The first kappa shape index (κ1) is 16.9. The van der Waals surface area contributed by atoms with Crippen LogP contribution in [0.2, 0.25) is 0 Å². The highest BCUT2D eigenvalue weighted by Crippen LogP contribution is 2.20. The topological polar surface area (TPSA) is 55.8 Å². The molecular formula is C19H22O4. The number of carboxylic acid groups (broad SMARTS) is 1. The van der Waals surface area contributed by atoms with Crippen LogP contribution in [-0.2, 0) is 11.2 Å². The molecule has 0 aliphatic heterocycles. The zero-order valence-corrected chi connectivity index (χ0v) is 13.7. The summed E-state index contributed by atoms with van der Waals surface area (Å²) in [4.78, 5) is 11.5. The van der Waals surface area contributed by atoms with Crippen molar-refractivity contribution >= 4 is 5.97 Å². The molecule has 0 aliphatic rings. The molecule has 2 rings (SSSR count). The van der Waals surface area contributed by atoms with Crippen molar-refractivity contribution in [3.8, 4) is 11.5 Å². The SMILES string of the molecule is COc1ccc(O[C@H](Cc2ccc(C(C)C)cc2)C(=O)O)cc1. The van der Waals surface area contributed by atoms with Crippen LogP contribution in [0.25, 0.3) is 0 Å². The van der Waals surface area contributed by atoms with Gasteiger partial charge >= 0.3 is 5.97 Å². The van der Waals surface area contributed by atoms with Crippen molar-refractivity contribution in [1.82, 2.24) is 0 Å². The Bertz CT molecular complexity index is 629. The van der Waals surface area contributed by atoms with Crippen molar-refractivity contribution in [2.24, 2.45) is 0 Å². The van der Waals surface area contributed by atoms with Gasteiger partial charge in [-0.05, 0) is 41.3 Å². The van der Waals surface area contributed by atoms with Crippen LogP contribution in [0.15, 0.2) is 48.5 Å². The van der Waals surface area contributed by atoms with Gasteiger partial charge < -0.3 is 14.6 Å². The molecule has 4 nitrogen and oxygen atoms in total. The minimum Gasteiger partial charge on any atom is -0.497 e. The van der Waals surface area contributed by atoms with E-state index >= 15 is 0 Å². The van der Waals surface area contributed by atoms with Gasteiger partial charge in [-0.1, -0.05) is 38.1 Å². The summed E-state index contributed by atoms with van der Waals surface area (Å²) in [5.74, 6) is 0.689. The molecule has 2 aromatic carbocycles. The second-order valence-electron chi connectivity index (χ2n) is 5.72. The normalized spacial score (nSPS) is 12.0. The van der Waals surface area contributed by atoms with E-state index in [2.05, 4.69) is 13.8 Å². The van der Waals surface area contributed by atoms with Gasteiger partial charge in [0.25, 0.3) is 0 Å². The largest absolute Gasteiger partial charge is 0.497 e. The number of hydrogen-bond donors (Lipinski definition) is 1. The Balaban J connectivity index is 2.07.